The predicted octanol–water partition coefficient (Wildman–Crippen LogP) is 2.04. The number of nitrogens with one attached hydrogen (secondary N) is 2. The molecule has 156 valence electrons. The van der Waals surface area contributed by atoms with Gasteiger partial charge >= 0.3 is 0 Å². The zero-order valence-electron chi connectivity index (χ0n) is 16.5. The van der Waals surface area contributed by atoms with Crippen molar-refractivity contribution in [2.75, 3.05) is 44.7 Å². The van der Waals surface area contributed by atoms with E-state index in [1.165, 1.54) is 4.88 Å². The van der Waals surface area contributed by atoms with Gasteiger partial charge in [-0.2, -0.15) is 4.98 Å². The SMILES string of the molecule is O=C1C[C@H](c2cccs2)Cc2c1cnc1nc(NCCN3CCOCC3)[nH]c(=O)c21. The van der Waals surface area contributed by atoms with E-state index < -0.39 is 0 Å². The van der Waals surface area contributed by atoms with Crippen molar-refractivity contribution in [1.82, 2.24) is 19.9 Å². The topological polar surface area (TPSA) is 100 Å². The van der Waals surface area contributed by atoms with E-state index in [-0.39, 0.29) is 17.3 Å². The Bertz CT molecular complexity index is 1120. The van der Waals surface area contributed by atoms with Crippen LogP contribution in [0.5, 0.6) is 0 Å². The number of morpholine rings is 1. The van der Waals surface area contributed by atoms with Crippen molar-refractivity contribution >= 4 is 34.1 Å². The fourth-order valence-electron chi connectivity index (χ4n) is 4.24. The summed E-state index contributed by atoms with van der Waals surface area (Å²) < 4.78 is 5.36. The van der Waals surface area contributed by atoms with Crippen LogP contribution in [-0.2, 0) is 11.2 Å². The number of Topliss-reactive ketones (excluding diaryl/α,β-unsaturated/α-hetero) is 1. The van der Waals surface area contributed by atoms with E-state index in [0.717, 1.165) is 38.4 Å². The van der Waals surface area contributed by atoms with Crippen molar-refractivity contribution in [3.63, 3.8) is 0 Å². The fourth-order valence-corrected chi connectivity index (χ4v) is 5.07. The smallest absolute Gasteiger partial charge is 0.262 e. The van der Waals surface area contributed by atoms with Crippen LogP contribution in [-0.4, -0.2) is 65.0 Å². The van der Waals surface area contributed by atoms with Crippen LogP contribution in [0.15, 0.2) is 28.5 Å². The maximum atomic E-state index is 12.9. The Morgan fingerprint density at radius 1 is 1.27 bits per heavy atom. The third-order valence-electron chi connectivity index (χ3n) is 5.80. The number of anilines is 1. The van der Waals surface area contributed by atoms with Crippen LogP contribution in [0, 0.1) is 0 Å². The molecule has 0 radical (unpaired) electrons. The minimum Gasteiger partial charge on any atom is -0.379 e. The van der Waals surface area contributed by atoms with Crippen molar-refractivity contribution in [3.05, 3.63) is 50.1 Å². The molecule has 0 amide bonds. The summed E-state index contributed by atoms with van der Waals surface area (Å²) in [4.78, 5) is 40.8. The number of thiophene rings is 1. The van der Waals surface area contributed by atoms with Crippen LogP contribution in [0.1, 0.15) is 33.1 Å². The molecule has 0 spiro atoms. The first kappa shape index (κ1) is 19.3. The van der Waals surface area contributed by atoms with E-state index >= 15 is 0 Å². The van der Waals surface area contributed by atoms with E-state index in [1.54, 1.807) is 17.5 Å². The molecule has 1 atom stereocenters. The van der Waals surface area contributed by atoms with Crippen LogP contribution in [0.2, 0.25) is 0 Å². The highest BCUT2D eigenvalue weighted by Gasteiger charge is 2.30. The summed E-state index contributed by atoms with van der Waals surface area (Å²) in [7, 11) is 0. The Labute approximate surface area is 177 Å². The molecule has 4 heterocycles. The molecule has 1 saturated heterocycles. The lowest BCUT2D eigenvalue weighted by Gasteiger charge is -2.26. The summed E-state index contributed by atoms with van der Waals surface area (Å²) in [6.07, 6.45) is 2.68. The first-order valence-electron chi connectivity index (χ1n) is 10.2. The van der Waals surface area contributed by atoms with Gasteiger partial charge in [-0.15, -0.1) is 11.3 Å². The molecule has 0 aromatic carbocycles. The van der Waals surface area contributed by atoms with E-state index in [4.69, 9.17) is 4.74 Å². The number of aromatic amines is 1. The lowest BCUT2D eigenvalue weighted by molar-refractivity contribution is 0.0398. The van der Waals surface area contributed by atoms with Gasteiger partial charge in [-0.1, -0.05) is 6.07 Å². The van der Waals surface area contributed by atoms with Crippen molar-refractivity contribution in [2.24, 2.45) is 0 Å². The van der Waals surface area contributed by atoms with Crippen LogP contribution < -0.4 is 10.9 Å². The number of hydrogen-bond donors (Lipinski definition) is 2. The quantitative estimate of drug-likeness (QED) is 0.645. The van der Waals surface area contributed by atoms with Crippen molar-refractivity contribution in [1.29, 1.82) is 0 Å². The number of pyridine rings is 1. The minimum absolute atomic E-state index is 0.0381. The second kappa shape index (κ2) is 8.25. The number of ketones is 1. The van der Waals surface area contributed by atoms with E-state index in [1.807, 2.05) is 11.4 Å². The van der Waals surface area contributed by atoms with Gasteiger partial charge in [0.25, 0.3) is 5.56 Å². The second-order valence-electron chi connectivity index (χ2n) is 7.69. The molecule has 5 rings (SSSR count). The van der Waals surface area contributed by atoms with Gasteiger partial charge in [-0.3, -0.25) is 19.5 Å². The van der Waals surface area contributed by atoms with Gasteiger partial charge in [0.05, 0.1) is 18.6 Å². The monoisotopic (exact) mass is 425 g/mol. The molecule has 0 bridgehead atoms. The molecule has 2 aliphatic rings. The number of hydrogen-bond acceptors (Lipinski definition) is 8. The summed E-state index contributed by atoms with van der Waals surface area (Å²) in [5.74, 6) is 0.544. The molecule has 8 nitrogen and oxygen atoms in total. The van der Waals surface area contributed by atoms with Gasteiger partial charge in [0, 0.05) is 55.2 Å². The summed E-state index contributed by atoms with van der Waals surface area (Å²) in [6.45, 7) is 4.85. The molecule has 1 aliphatic heterocycles. The largest absolute Gasteiger partial charge is 0.379 e. The molecule has 1 fully saturated rings. The normalized spacial score (nSPS) is 19.7. The van der Waals surface area contributed by atoms with E-state index in [9.17, 15) is 9.59 Å². The Balaban J connectivity index is 1.40. The van der Waals surface area contributed by atoms with Crippen LogP contribution in [0.3, 0.4) is 0 Å². The van der Waals surface area contributed by atoms with Gasteiger partial charge in [0.2, 0.25) is 5.95 Å². The van der Waals surface area contributed by atoms with Gasteiger partial charge in [-0.05, 0) is 23.4 Å². The van der Waals surface area contributed by atoms with Crippen LogP contribution >= 0.6 is 11.3 Å². The maximum absolute atomic E-state index is 12.9. The lowest BCUT2D eigenvalue weighted by atomic mass is 9.82. The predicted molar refractivity (Wildman–Crippen MR) is 116 cm³/mol. The first-order chi connectivity index (χ1) is 14.7. The highest BCUT2D eigenvalue weighted by molar-refractivity contribution is 7.10. The molecule has 0 unspecified atom stereocenters. The zero-order chi connectivity index (χ0) is 20.5. The van der Waals surface area contributed by atoms with Gasteiger partial charge in [0.15, 0.2) is 11.4 Å². The summed E-state index contributed by atoms with van der Waals surface area (Å²) in [5.41, 5.74) is 1.45. The number of H-pyrrole nitrogens is 1. The van der Waals surface area contributed by atoms with Crippen molar-refractivity contribution in [2.45, 2.75) is 18.8 Å². The fraction of sp³-hybridized carbons (Fsp3) is 0.429. The number of nitrogens with zero attached hydrogens (tertiary/aromatic N) is 3. The van der Waals surface area contributed by atoms with Crippen LogP contribution in [0.25, 0.3) is 11.0 Å². The van der Waals surface area contributed by atoms with E-state index in [2.05, 4.69) is 31.2 Å². The molecular formula is C21H23N5O3S. The molecule has 3 aromatic heterocycles. The molecule has 30 heavy (non-hydrogen) atoms. The maximum Gasteiger partial charge on any atom is 0.262 e. The van der Waals surface area contributed by atoms with Crippen molar-refractivity contribution < 1.29 is 9.53 Å². The number of ether oxygens (including phenoxy) is 1. The molecule has 1 aliphatic carbocycles. The molecule has 0 saturated carbocycles. The average Bonchev–Trinajstić information content (AvgIpc) is 3.29. The van der Waals surface area contributed by atoms with Crippen molar-refractivity contribution in [3.8, 4) is 0 Å². The Morgan fingerprint density at radius 2 is 2.13 bits per heavy atom. The summed E-state index contributed by atoms with van der Waals surface area (Å²) in [6, 6.07) is 4.05. The average molecular weight is 426 g/mol. The van der Waals surface area contributed by atoms with Crippen LogP contribution in [0.4, 0.5) is 5.95 Å². The van der Waals surface area contributed by atoms with Gasteiger partial charge in [-0.25, -0.2) is 4.98 Å². The second-order valence-corrected chi connectivity index (χ2v) is 8.67. The Hall–Kier alpha value is -2.62. The molecule has 3 aromatic rings. The third-order valence-corrected chi connectivity index (χ3v) is 6.83. The summed E-state index contributed by atoms with van der Waals surface area (Å²) in [5, 5.41) is 5.64. The molecule has 9 heteroatoms. The zero-order valence-corrected chi connectivity index (χ0v) is 17.3. The number of carbonyl (C=O) groups is 1. The molecule has 2 N–H and O–H groups in total. The molecular weight excluding hydrogens is 402 g/mol. The summed E-state index contributed by atoms with van der Waals surface area (Å²) >= 11 is 1.65. The van der Waals surface area contributed by atoms with Gasteiger partial charge < -0.3 is 10.1 Å². The number of fused-ring (bicyclic) bond motifs is 3. The minimum atomic E-state index is -0.252. The highest BCUT2D eigenvalue weighted by atomic mass is 32.1. The Morgan fingerprint density at radius 3 is 2.93 bits per heavy atom. The number of rotatable bonds is 5. The van der Waals surface area contributed by atoms with Gasteiger partial charge in [0.1, 0.15) is 0 Å². The number of aromatic nitrogens is 3. The highest BCUT2D eigenvalue weighted by Crippen LogP contribution is 2.36. The first-order valence-corrected chi connectivity index (χ1v) is 11.1. The standard InChI is InChI=1S/C21H23N5O3S/c27-16-11-13(17-2-1-9-30-17)10-14-15(16)12-23-19-18(14)20(28)25-21(24-19)22-3-4-26-5-7-29-8-6-26/h1-2,9,12-13H,3-8,10-11H2,(H2,22,23,24,25,28)/t13-/m1/s1. The Kier molecular flexibility index (Phi) is 5.32. The van der Waals surface area contributed by atoms with E-state index in [0.29, 0.717) is 41.9 Å². The lowest BCUT2D eigenvalue weighted by Crippen LogP contribution is -2.39. The third kappa shape index (κ3) is 3.76. The number of carbonyl (C=O) groups excluding carboxylic acids is 1.